The van der Waals surface area contributed by atoms with E-state index in [1.807, 2.05) is 0 Å². The van der Waals surface area contributed by atoms with E-state index >= 15 is 0 Å². The van der Waals surface area contributed by atoms with E-state index in [4.69, 9.17) is 27.9 Å². The van der Waals surface area contributed by atoms with Gasteiger partial charge >= 0.3 is 6.09 Å². The lowest BCUT2D eigenvalue weighted by Gasteiger charge is -2.36. The number of piperidine rings is 1. The average molecular weight is 780 g/mol. The number of alkyl carbamates (subject to hydrolysis) is 1. The van der Waals surface area contributed by atoms with Gasteiger partial charge in [0.25, 0.3) is 5.91 Å². The summed E-state index contributed by atoms with van der Waals surface area (Å²) in [5.41, 5.74) is -0.264. The molecule has 3 aliphatic rings. The molecule has 1 aromatic carbocycles. The van der Waals surface area contributed by atoms with Gasteiger partial charge in [0.2, 0.25) is 29.4 Å². The zero-order valence-electron chi connectivity index (χ0n) is 31.2. The van der Waals surface area contributed by atoms with E-state index in [-0.39, 0.29) is 18.9 Å². The van der Waals surface area contributed by atoms with Crippen LogP contribution in [0.15, 0.2) is 30.3 Å². The molecule has 4 N–H and O–H groups in total. The summed E-state index contributed by atoms with van der Waals surface area (Å²) >= 11 is 13.1. The molecule has 1 aliphatic heterocycles. The second-order valence-corrected chi connectivity index (χ2v) is 16.7. The van der Waals surface area contributed by atoms with Crippen molar-refractivity contribution in [2.75, 3.05) is 27.2 Å². The summed E-state index contributed by atoms with van der Waals surface area (Å²) in [6, 6.07) is 4.15. The standard InChI is InChI=1S/C37H52Cl2N6O8/c1-7-14-24(30(47)32(49)40-19-25(46)42-27(33(50)44(5)6)21-15-10-8-11-16-21)41-31(48)29-26-23(37(26,38)39)20-45(29)34(51)28(22-17-12-9-13-18-22)43-35(52)53-36(2,3)4/h8,10-11,15-16,22-24,26-29H,7,9,12-14,17-20H2,1-6H3,(H,40,49)(H,41,48)(H,42,46)(H,43,52)/t23-,24?,26-,27+,28?,29+/m1/s1. The molecular weight excluding hydrogens is 727 g/mol. The first-order valence-electron chi connectivity index (χ1n) is 18.2. The molecule has 292 valence electrons. The van der Waals surface area contributed by atoms with Gasteiger partial charge in [-0.2, -0.15) is 0 Å². The Hall–Kier alpha value is -3.91. The van der Waals surface area contributed by atoms with E-state index < -0.39 is 93.9 Å². The van der Waals surface area contributed by atoms with E-state index in [0.29, 0.717) is 24.8 Å². The van der Waals surface area contributed by atoms with Gasteiger partial charge in [0.15, 0.2) is 0 Å². The smallest absolute Gasteiger partial charge is 0.408 e. The van der Waals surface area contributed by atoms with Crippen LogP contribution < -0.4 is 21.3 Å². The van der Waals surface area contributed by atoms with Crippen molar-refractivity contribution in [1.82, 2.24) is 31.1 Å². The van der Waals surface area contributed by atoms with Crippen LogP contribution in [0.3, 0.4) is 0 Å². The zero-order valence-corrected chi connectivity index (χ0v) is 32.7. The molecule has 0 aromatic heterocycles. The number of fused-ring (bicyclic) bond motifs is 1. The van der Waals surface area contributed by atoms with E-state index in [9.17, 15) is 33.6 Å². The van der Waals surface area contributed by atoms with Crippen LogP contribution in [-0.2, 0) is 33.5 Å². The second-order valence-electron chi connectivity index (χ2n) is 15.3. The van der Waals surface area contributed by atoms with Crippen LogP contribution in [0.25, 0.3) is 0 Å². The highest BCUT2D eigenvalue weighted by molar-refractivity contribution is 6.51. The zero-order chi connectivity index (χ0) is 39.2. The van der Waals surface area contributed by atoms with E-state index in [0.717, 1.165) is 19.3 Å². The molecule has 0 spiro atoms. The number of carbonyl (C=O) groups is 7. The second kappa shape index (κ2) is 17.5. The number of nitrogens with one attached hydrogen (secondary N) is 4. The average Bonchev–Trinajstić information content (AvgIpc) is 3.41. The number of hydrogen-bond donors (Lipinski definition) is 4. The molecule has 0 radical (unpaired) electrons. The normalized spacial score (nSPS) is 22.3. The third-order valence-corrected chi connectivity index (χ3v) is 11.0. The number of likely N-dealkylation sites (tertiary alicyclic amines) is 1. The maximum atomic E-state index is 14.3. The summed E-state index contributed by atoms with van der Waals surface area (Å²) in [7, 11) is 3.10. The first kappa shape index (κ1) is 41.8. The van der Waals surface area contributed by atoms with Gasteiger partial charge in [-0.3, -0.25) is 28.8 Å². The van der Waals surface area contributed by atoms with Gasteiger partial charge in [-0.1, -0.05) is 62.9 Å². The molecular formula is C37H52Cl2N6O8. The molecule has 1 aromatic rings. The molecule has 2 aliphatic carbocycles. The molecule has 6 amide bonds. The monoisotopic (exact) mass is 778 g/mol. The van der Waals surface area contributed by atoms with Gasteiger partial charge in [-0.25, -0.2) is 4.79 Å². The number of likely N-dealkylation sites (N-methyl/N-ethyl adjacent to an activating group) is 1. The number of ketones is 1. The summed E-state index contributed by atoms with van der Waals surface area (Å²) in [6.45, 7) is 6.39. The van der Waals surface area contributed by atoms with Gasteiger partial charge in [-0.05, 0) is 51.5 Å². The minimum absolute atomic E-state index is 0.0656. The molecule has 4 rings (SSSR count). The van der Waals surface area contributed by atoms with Crippen LogP contribution in [0, 0.1) is 17.8 Å². The minimum Gasteiger partial charge on any atom is -0.444 e. The number of amides is 6. The maximum Gasteiger partial charge on any atom is 0.408 e. The molecule has 53 heavy (non-hydrogen) atoms. The lowest BCUT2D eigenvalue weighted by molar-refractivity contribution is -0.144. The molecule has 3 fully saturated rings. The van der Waals surface area contributed by atoms with Crippen molar-refractivity contribution in [3.8, 4) is 0 Å². The van der Waals surface area contributed by atoms with Crippen molar-refractivity contribution < 1.29 is 38.3 Å². The van der Waals surface area contributed by atoms with Gasteiger partial charge in [0.05, 0.1) is 12.6 Å². The topological polar surface area (TPSA) is 183 Å². The largest absolute Gasteiger partial charge is 0.444 e. The number of alkyl halides is 2. The van der Waals surface area contributed by atoms with Crippen LogP contribution in [0.5, 0.6) is 0 Å². The molecule has 0 bridgehead atoms. The minimum atomic E-state index is -1.29. The van der Waals surface area contributed by atoms with Gasteiger partial charge in [0.1, 0.15) is 28.1 Å². The van der Waals surface area contributed by atoms with Crippen molar-refractivity contribution in [3.05, 3.63) is 35.9 Å². The van der Waals surface area contributed by atoms with Crippen LogP contribution in [0.1, 0.15) is 84.2 Å². The Morgan fingerprint density at radius 3 is 2.19 bits per heavy atom. The van der Waals surface area contributed by atoms with Crippen molar-refractivity contribution in [2.24, 2.45) is 17.8 Å². The van der Waals surface area contributed by atoms with Crippen molar-refractivity contribution in [3.63, 3.8) is 0 Å². The Morgan fingerprint density at radius 2 is 1.60 bits per heavy atom. The SMILES string of the molecule is CCCC(NC(=O)[C@@H]1[C@H]2[C@@H](CN1C(=O)C(NC(=O)OC(C)(C)C)C1CCCCC1)C2(Cl)Cl)C(=O)C(=O)NCC(=O)N[C@H](C(=O)N(C)C)c1ccccc1. The summed E-state index contributed by atoms with van der Waals surface area (Å²) in [6.07, 6.45) is 3.95. The van der Waals surface area contributed by atoms with E-state index in [2.05, 4.69) is 21.3 Å². The Labute approximate surface area is 320 Å². The quantitative estimate of drug-likeness (QED) is 0.164. The number of benzene rings is 1. The first-order valence-corrected chi connectivity index (χ1v) is 19.0. The van der Waals surface area contributed by atoms with E-state index in [1.54, 1.807) is 72.1 Å². The summed E-state index contributed by atoms with van der Waals surface area (Å²) in [5, 5.41) is 10.3. The van der Waals surface area contributed by atoms with Crippen LogP contribution >= 0.6 is 23.2 Å². The third kappa shape index (κ3) is 10.4. The molecule has 6 atom stereocenters. The summed E-state index contributed by atoms with van der Waals surface area (Å²) in [5.74, 6) is -5.61. The Balaban J connectivity index is 1.45. The van der Waals surface area contributed by atoms with Crippen LogP contribution in [-0.4, -0.2) is 106 Å². The Morgan fingerprint density at radius 1 is 0.962 bits per heavy atom. The van der Waals surface area contributed by atoms with Gasteiger partial charge in [-0.15, -0.1) is 23.2 Å². The molecule has 1 heterocycles. The molecule has 2 saturated carbocycles. The Kier molecular flexibility index (Phi) is 13.8. The first-order chi connectivity index (χ1) is 24.9. The number of ether oxygens (including phenoxy) is 1. The van der Waals surface area contributed by atoms with Crippen molar-refractivity contribution >= 4 is 64.6 Å². The number of halogens is 2. The lowest BCUT2D eigenvalue weighted by Crippen LogP contribution is -2.60. The highest BCUT2D eigenvalue weighted by Gasteiger charge is 2.74. The lowest BCUT2D eigenvalue weighted by atomic mass is 9.83. The van der Waals surface area contributed by atoms with Crippen molar-refractivity contribution in [1.29, 1.82) is 0 Å². The predicted octanol–water partition coefficient (Wildman–Crippen LogP) is 3.01. The van der Waals surface area contributed by atoms with E-state index in [1.165, 1.54) is 9.80 Å². The summed E-state index contributed by atoms with van der Waals surface area (Å²) < 4.78 is 4.19. The number of Topliss-reactive ketones (excluding diaryl/α,β-unsaturated/α-hetero) is 1. The molecule has 16 heteroatoms. The molecule has 2 unspecified atom stereocenters. The van der Waals surface area contributed by atoms with Gasteiger partial charge in [0, 0.05) is 32.5 Å². The molecule has 14 nitrogen and oxygen atoms in total. The number of rotatable bonds is 14. The highest BCUT2D eigenvalue weighted by atomic mass is 35.5. The fourth-order valence-electron chi connectivity index (χ4n) is 7.22. The number of nitrogens with zero attached hydrogens (tertiary/aromatic N) is 2. The number of carbonyl (C=O) groups excluding carboxylic acids is 7. The van der Waals surface area contributed by atoms with Gasteiger partial charge < -0.3 is 35.8 Å². The fraction of sp³-hybridized carbons (Fsp3) is 0.649. The highest BCUT2D eigenvalue weighted by Crippen LogP contribution is 2.65. The predicted molar refractivity (Wildman–Crippen MR) is 198 cm³/mol. The van der Waals surface area contributed by atoms with Crippen LogP contribution in [0.4, 0.5) is 4.79 Å². The third-order valence-electron chi connectivity index (χ3n) is 9.91. The molecule has 1 saturated heterocycles. The summed E-state index contributed by atoms with van der Waals surface area (Å²) in [4.78, 5) is 96.0. The fourth-order valence-corrected chi connectivity index (χ4v) is 8.05. The number of hydrogen-bond acceptors (Lipinski definition) is 8. The van der Waals surface area contributed by atoms with Crippen LogP contribution in [0.2, 0.25) is 0 Å². The Bertz CT molecular complexity index is 1540. The van der Waals surface area contributed by atoms with Crippen molar-refractivity contribution in [2.45, 2.75) is 107 Å². The maximum absolute atomic E-state index is 14.3.